The molecule has 7 heteroatoms. The zero-order valence-corrected chi connectivity index (χ0v) is 12.5. The summed E-state index contributed by atoms with van der Waals surface area (Å²) in [5.41, 5.74) is 0.0572. The minimum atomic E-state index is -0.383. The molecule has 1 atom stereocenters. The highest BCUT2D eigenvalue weighted by Gasteiger charge is 2.21. The Hall–Kier alpha value is -1.89. The van der Waals surface area contributed by atoms with Crippen molar-refractivity contribution in [1.82, 2.24) is 4.98 Å². The van der Waals surface area contributed by atoms with Crippen LogP contribution in [0, 0.1) is 10.1 Å². The Labute approximate surface area is 124 Å². The molecule has 21 heavy (non-hydrogen) atoms. The third-order valence-electron chi connectivity index (χ3n) is 3.52. The molecule has 116 valence electrons. The fraction of sp³-hybridized carbons (Fsp3) is 0.643. The van der Waals surface area contributed by atoms with Gasteiger partial charge in [0.1, 0.15) is 11.6 Å². The Morgan fingerprint density at radius 2 is 2.33 bits per heavy atom. The standard InChI is InChI=1S/C14H22N4O3/c1-3-15-13-8-11(18(19)20)9-14(16-13)17(4-2)10-12-6-5-7-21-12/h8-9,12H,3-7,10H2,1-2H3,(H,15,16). The van der Waals surface area contributed by atoms with Crippen LogP contribution in [0.1, 0.15) is 26.7 Å². The molecule has 1 unspecified atom stereocenters. The Kier molecular flexibility index (Phi) is 5.32. The van der Waals surface area contributed by atoms with Crippen LogP contribution in [0.25, 0.3) is 0 Å². The zero-order valence-electron chi connectivity index (χ0n) is 12.5. The highest BCUT2D eigenvalue weighted by molar-refractivity contribution is 5.56. The number of hydrogen-bond acceptors (Lipinski definition) is 6. The Morgan fingerprint density at radius 1 is 1.52 bits per heavy atom. The van der Waals surface area contributed by atoms with Crippen LogP contribution in [-0.4, -0.2) is 42.3 Å². The van der Waals surface area contributed by atoms with Gasteiger partial charge in [0, 0.05) is 26.2 Å². The van der Waals surface area contributed by atoms with Gasteiger partial charge in [-0.3, -0.25) is 10.1 Å². The van der Waals surface area contributed by atoms with E-state index in [1.807, 2.05) is 18.7 Å². The zero-order chi connectivity index (χ0) is 15.2. The maximum absolute atomic E-state index is 11.1. The van der Waals surface area contributed by atoms with Crippen molar-refractivity contribution in [3.63, 3.8) is 0 Å². The van der Waals surface area contributed by atoms with Crippen LogP contribution in [-0.2, 0) is 4.74 Å². The van der Waals surface area contributed by atoms with Crippen molar-refractivity contribution in [1.29, 1.82) is 0 Å². The van der Waals surface area contributed by atoms with E-state index in [1.165, 1.54) is 12.1 Å². The van der Waals surface area contributed by atoms with Gasteiger partial charge in [-0.15, -0.1) is 0 Å². The number of aromatic nitrogens is 1. The van der Waals surface area contributed by atoms with Crippen LogP contribution in [0.15, 0.2) is 12.1 Å². The number of nitrogens with one attached hydrogen (secondary N) is 1. The van der Waals surface area contributed by atoms with Gasteiger partial charge >= 0.3 is 0 Å². The summed E-state index contributed by atoms with van der Waals surface area (Å²) in [4.78, 5) is 17.2. The van der Waals surface area contributed by atoms with Gasteiger partial charge in [0.2, 0.25) is 0 Å². The lowest BCUT2D eigenvalue weighted by molar-refractivity contribution is -0.384. The molecule has 1 saturated heterocycles. The first-order valence-electron chi connectivity index (χ1n) is 7.41. The predicted octanol–water partition coefficient (Wildman–Crippen LogP) is 2.43. The van der Waals surface area contributed by atoms with Gasteiger partial charge in [0.05, 0.1) is 23.2 Å². The van der Waals surface area contributed by atoms with E-state index in [9.17, 15) is 10.1 Å². The molecule has 1 aromatic heterocycles. The summed E-state index contributed by atoms with van der Waals surface area (Å²) in [6.45, 7) is 6.88. The molecular weight excluding hydrogens is 272 g/mol. The second kappa shape index (κ2) is 7.21. The number of ether oxygens (including phenoxy) is 1. The van der Waals surface area contributed by atoms with Crippen molar-refractivity contribution in [2.45, 2.75) is 32.8 Å². The summed E-state index contributed by atoms with van der Waals surface area (Å²) >= 11 is 0. The van der Waals surface area contributed by atoms with E-state index < -0.39 is 0 Å². The van der Waals surface area contributed by atoms with Crippen LogP contribution in [0.3, 0.4) is 0 Å². The lowest BCUT2D eigenvalue weighted by Crippen LogP contribution is -2.32. The minimum absolute atomic E-state index is 0.0572. The molecule has 0 radical (unpaired) electrons. The van der Waals surface area contributed by atoms with E-state index in [0.717, 1.165) is 32.5 Å². The lowest BCUT2D eigenvalue weighted by Gasteiger charge is -2.25. The van der Waals surface area contributed by atoms with E-state index in [-0.39, 0.29) is 16.7 Å². The monoisotopic (exact) mass is 294 g/mol. The SMILES string of the molecule is CCNc1cc([N+](=O)[O-])cc(N(CC)CC2CCCO2)n1. The molecule has 0 saturated carbocycles. The minimum Gasteiger partial charge on any atom is -0.376 e. The maximum atomic E-state index is 11.1. The molecule has 7 nitrogen and oxygen atoms in total. The second-order valence-corrected chi connectivity index (χ2v) is 5.03. The van der Waals surface area contributed by atoms with Gasteiger partial charge in [-0.05, 0) is 26.7 Å². The fourth-order valence-electron chi connectivity index (χ4n) is 2.46. The first-order chi connectivity index (χ1) is 10.1. The predicted molar refractivity (Wildman–Crippen MR) is 81.9 cm³/mol. The molecule has 1 aliphatic heterocycles. The van der Waals surface area contributed by atoms with Crippen LogP contribution in [0.2, 0.25) is 0 Å². The molecule has 1 N–H and O–H groups in total. The maximum Gasteiger partial charge on any atom is 0.276 e. The number of likely N-dealkylation sites (N-methyl/N-ethyl adjacent to an activating group) is 1. The van der Waals surface area contributed by atoms with Crippen LogP contribution >= 0.6 is 0 Å². The van der Waals surface area contributed by atoms with Crippen LogP contribution in [0.4, 0.5) is 17.3 Å². The molecule has 2 rings (SSSR count). The Morgan fingerprint density at radius 3 is 2.90 bits per heavy atom. The number of nitrogens with zero attached hydrogens (tertiary/aromatic N) is 3. The van der Waals surface area contributed by atoms with E-state index in [1.54, 1.807) is 0 Å². The van der Waals surface area contributed by atoms with E-state index >= 15 is 0 Å². The third kappa shape index (κ3) is 4.04. The first kappa shape index (κ1) is 15.5. The van der Waals surface area contributed by atoms with Crippen molar-refractivity contribution >= 4 is 17.3 Å². The first-order valence-corrected chi connectivity index (χ1v) is 7.41. The highest BCUT2D eigenvalue weighted by atomic mass is 16.6. The smallest absolute Gasteiger partial charge is 0.276 e. The van der Waals surface area contributed by atoms with Crippen LogP contribution < -0.4 is 10.2 Å². The van der Waals surface area contributed by atoms with E-state index in [2.05, 4.69) is 10.3 Å². The van der Waals surface area contributed by atoms with Gasteiger partial charge in [0.15, 0.2) is 0 Å². The largest absolute Gasteiger partial charge is 0.376 e. The molecule has 0 aliphatic carbocycles. The van der Waals surface area contributed by atoms with E-state index in [4.69, 9.17) is 4.74 Å². The number of pyridine rings is 1. The highest BCUT2D eigenvalue weighted by Crippen LogP contribution is 2.24. The topological polar surface area (TPSA) is 80.5 Å². The van der Waals surface area contributed by atoms with Crippen molar-refractivity contribution in [3.05, 3.63) is 22.2 Å². The molecule has 1 fully saturated rings. The van der Waals surface area contributed by atoms with Gasteiger partial charge in [-0.1, -0.05) is 0 Å². The van der Waals surface area contributed by atoms with Gasteiger partial charge < -0.3 is 15.0 Å². The molecule has 0 bridgehead atoms. The fourth-order valence-corrected chi connectivity index (χ4v) is 2.46. The average molecular weight is 294 g/mol. The summed E-state index contributed by atoms with van der Waals surface area (Å²) < 4.78 is 5.64. The molecule has 1 aliphatic rings. The Bertz CT molecular complexity index is 489. The van der Waals surface area contributed by atoms with Gasteiger partial charge in [-0.2, -0.15) is 0 Å². The third-order valence-corrected chi connectivity index (χ3v) is 3.52. The summed E-state index contributed by atoms with van der Waals surface area (Å²) in [6.07, 6.45) is 2.30. The normalized spacial score (nSPS) is 17.7. The molecule has 1 aromatic rings. The second-order valence-electron chi connectivity index (χ2n) is 5.03. The quantitative estimate of drug-likeness (QED) is 0.614. The molecule has 0 amide bonds. The number of anilines is 2. The van der Waals surface area contributed by atoms with E-state index in [0.29, 0.717) is 18.2 Å². The summed E-state index contributed by atoms with van der Waals surface area (Å²) in [5.74, 6) is 1.16. The molecule has 2 heterocycles. The molecule has 0 aromatic carbocycles. The number of hydrogen-bond donors (Lipinski definition) is 1. The number of rotatable bonds is 7. The Balaban J connectivity index is 2.23. The number of nitro groups is 1. The van der Waals surface area contributed by atoms with Gasteiger partial charge in [-0.25, -0.2) is 4.98 Å². The van der Waals surface area contributed by atoms with Crippen molar-refractivity contribution in [2.75, 3.05) is 36.5 Å². The summed E-state index contributed by atoms with van der Waals surface area (Å²) in [6, 6.07) is 2.99. The summed E-state index contributed by atoms with van der Waals surface area (Å²) in [5, 5.41) is 14.1. The van der Waals surface area contributed by atoms with Crippen molar-refractivity contribution in [3.8, 4) is 0 Å². The molecule has 0 spiro atoms. The van der Waals surface area contributed by atoms with Crippen molar-refractivity contribution in [2.24, 2.45) is 0 Å². The lowest BCUT2D eigenvalue weighted by atomic mass is 10.2. The average Bonchev–Trinajstić information content (AvgIpc) is 2.97. The van der Waals surface area contributed by atoms with Crippen molar-refractivity contribution < 1.29 is 9.66 Å². The molecular formula is C14H22N4O3. The van der Waals surface area contributed by atoms with Gasteiger partial charge in [0.25, 0.3) is 5.69 Å². The van der Waals surface area contributed by atoms with Crippen LogP contribution in [0.5, 0.6) is 0 Å². The summed E-state index contributed by atoms with van der Waals surface area (Å²) in [7, 11) is 0.